The lowest BCUT2D eigenvalue weighted by molar-refractivity contribution is -0.123. The Labute approximate surface area is 175 Å². The molecule has 31 heavy (non-hydrogen) atoms. The monoisotopic (exact) mass is 429 g/mol. The summed E-state index contributed by atoms with van der Waals surface area (Å²) in [5.41, 5.74) is 0.174. The van der Waals surface area contributed by atoms with Gasteiger partial charge in [0, 0.05) is 5.56 Å². The van der Waals surface area contributed by atoms with Gasteiger partial charge in [-0.3, -0.25) is 14.9 Å². The summed E-state index contributed by atoms with van der Waals surface area (Å²) in [6.45, 7) is -3.69. The largest absolute Gasteiger partial charge is 0.496 e. The molecule has 0 aliphatic carbocycles. The summed E-state index contributed by atoms with van der Waals surface area (Å²) in [5.74, 6) is -2.28. The first-order valence-electron chi connectivity index (χ1n) is 9.00. The average Bonchev–Trinajstić information content (AvgIpc) is 2.76. The van der Waals surface area contributed by atoms with Gasteiger partial charge >= 0.3 is 12.6 Å². The molecule has 0 heterocycles. The van der Waals surface area contributed by atoms with Gasteiger partial charge in [-0.05, 0) is 47.2 Å². The molecule has 0 radical (unpaired) electrons. The fraction of sp³-hybridized carbons (Fsp3) is 0.136. The second-order valence-corrected chi connectivity index (χ2v) is 6.26. The number of carbonyl (C=O) groups excluding carboxylic acids is 3. The standard InChI is InChI=1S/C22H17F2NO6/c1-29-18-11-15-5-3-2-4-14(15)10-17(18)21(28)30-12-19(26)25-20(27)13-6-8-16(9-7-13)31-22(23)24/h2-11,22H,12H2,1H3,(H,25,26,27). The second kappa shape index (κ2) is 9.66. The van der Waals surface area contributed by atoms with Gasteiger partial charge in [0.25, 0.3) is 11.8 Å². The lowest BCUT2D eigenvalue weighted by atomic mass is 10.1. The number of hydrogen-bond acceptors (Lipinski definition) is 6. The molecule has 0 bridgehead atoms. The quantitative estimate of drug-likeness (QED) is 0.578. The number of amides is 2. The van der Waals surface area contributed by atoms with Crippen molar-refractivity contribution in [3.8, 4) is 11.5 Å². The van der Waals surface area contributed by atoms with Crippen LogP contribution in [0.3, 0.4) is 0 Å². The van der Waals surface area contributed by atoms with E-state index in [1.807, 2.05) is 29.6 Å². The minimum Gasteiger partial charge on any atom is -0.496 e. The number of esters is 1. The minimum absolute atomic E-state index is 0.0393. The molecule has 0 aliphatic rings. The number of methoxy groups -OCH3 is 1. The third kappa shape index (κ3) is 5.53. The average molecular weight is 429 g/mol. The van der Waals surface area contributed by atoms with Gasteiger partial charge in [0.05, 0.1) is 7.11 Å². The normalized spacial score (nSPS) is 10.6. The molecule has 0 unspecified atom stereocenters. The number of hydrogen-bond donors (Lipinski definition) is 1. The summed E-state index contributed by atoms with van der Waals surface area (Å²) in [6.07, 6.45) is 0. The van der Waals surface area contributed by atoms with E-state index in [0.717, 1.165) is 22.9 Å². The SMILES string of the molecule is COc1cc2ccccc2cc1C(=O)OCC(=O)NC(=O)c1ccc(OC(F)F)cc1. The van der Waals surface area contributed by atoms with Crippen molar-refractivity contribution < 1.29 is 37.4 Å². The van der Waals surface area contributed by atoms with Crippen LogP contribution in [0, 0.1) is 0 Å². The number of imide groups is 1. The molecule has 9 heteroatoms. The predicted octanol–water partition coefficient (Wildman–Crippen LogP) is 3.56. The molecule has 0 saturated heterocycles. The second-order valence-electron chi connectivity index (χ2n) is 6.26. The van der Waals surface area contributed by atoms with Crippen LogP contribution in [0.1, 0.15) is 20.7 Å². The van der Waals surface area contributed by atoms with Gasteiger partial charge in [-0.2, -0.15) is 8.78 Å². The van der Waals surface area contributed by atoms with E-state index in [4.69, 9.17) is 9.47 Å². The van der Waals surface area contributed by atoms with Crippen LogP contribution in [0.4, 0.5) is 8.78 Å². The number of nitrogens with one attached hydrogen (secondary N) is 1. The van der Waals surface area contributed by atoms with E-state index in [9.17, 15) is 23.2 Å². The van der Waals surface area contributed by atoms with Gasteiger partial charge in [0.1, 0.15) is 17.1 Å². The lowest BCUT2D eigenvalue weighted by Gasteiger charge is -2.11. The van der Waals surface area contributed by atoms with Crippen LogP contribution in [0.15, 0.2) is 60.7 Å². The summed E-state index contributed by atoms with van der Waals surface area (Å²) >= 11 is 0. The number of fused-ring (bicyclic) bond motifs is 1. The van der Waals surface area contributed by atoms with Crippen molar-refractivity contribution in [1.29, 1.82) is 0 Å². The summed E-state index contributed by atoms with van der Waals surface area (Å²) in [7, 11) is 1.41. The highest BCUT2D eigenvalue weighted by Crippen LogP contribution is 2.26. The van der Waals surface area contributed by atoms with E-state index in [-0.39, 0.29) is 22.6 Å². The third-order valence-corrected chi connectivity index (χ3v) is 4.22. The molecule has 0 spiro atoms. The highest BCUT2D eigenvalue weighted by molar-refractivity contribution is 6.06. The molecular formula is C22H17F2NO6. The van der Waals surface area contributed by atoms with Crippen molar-refractivity contribution >= 4 is 28.6 Å². The van der Waals surface area contributed by atoms with Crippen LogP contribution >= 0.6 is 0 Å². The zero-order valence-corrected chi connectivity index (χ0v) is 16.3. The third-order valence-electron chi connectivity index (χ3n) is 4.22. The van der Waals surface area contributed by atoms with E-state index < -0.39 is 31.0 Å². The Bertz CT molecular complexity index is 1110. The molecule has 0 aromatic heterocycles. The molecule has 3 rings (SSSR count). The van der Waals surface area contributed by atoms with Gasteiger partial charge in [-0.15, -0.1) is 0 Å². The molecule has 3 aromatic carbocycles. The van der Waals surface area contributed by atoms with Crippen molar-refractivity contribution in [3.05, 3.63) is 71.8 Å². The van der Waals surface area contributed by atoms with E-state index in [0.29, 0.717) is 0 Å². The Kier molecular flexibility index (Phi) is 6.76. The number of carbonyl (C=O) groups is 3. The number of halogens is 2. The maximum Gasteiger partial charge on any atom is 0.387 e. The van der Waals surface area contributed by atoms with Crippen LogP contribution in [-0.4, -0.2) is 38.1 Å². The molecule has 1 N–H and O–H groups in total. The fourth-order valence-electron chi connectivity index (χ4n) is 2.78. The minimum atomic E-state index is -2.99. The lowest BCUT2D eigenvalue weighted by Crippen LogP contribution is -2.34. The van der Waals surface area contributed by atoms with E-state index in [1.165, 1.54) is 19.2 Å². The molecule has 7 nitrogen and oxygen atoms in total. The summed E-state index contributed by atoms with van der Waals surface area (Å²) in [6, 6.07) is 15.4. The van der Waals surface area contributed by atoms with Gasteiger partial charge in [-0.1, -0.05) is 24.3 Å². The fourth-order valence-corrected chi connectivity index (χ4v) is 2.78. The van der Waals surface area contributed by atoms with Gasteiger partial charge in [-0.25, -0.2) is 4.79 Å². The Hall–Kier alpha value is -4.01. The zero-order chi connectivity index (χ0) is 22.4. The Morgan fingerprint density at radius 3 is 2.23 bits per heavy atom. The summed E-state index contributed by atoms with van der Waals surface area (Å²) < 4.78 is 38.7. The molecular weight excluding hydrogens is 412 g/mol. The van der Waals surface area contributed by atoms with Crippen molar-refractivity contribution in [2.24, 2.45) is 0 Å². The van der Waals surface area contributed by atoms with Crippen LogP contribution in [-0.2, 0) is 9.53 Å². The van der Waals surface area contributed by atoms with Crippen molar-refractivity contribution in [3.63, 3.8) is 0 Å². The van der Waals surface area contributed by atoms with Crippen LogP contribution in [0.2, 0.25) is 0 Å². The number of alkyl halides is 2. The number of ether oxygens (including phenoxy) is 3. The highest BCUT2D eigenvalue weighted by Gasteiger charge is 2.18. The van der Waals surface area contributed by atoms with Crippen molar-refractivity contribution in [2.45, 2.75) is 6.61 Å². The first-order chi connectivity index (χ1) is 14.9. The maximum atomic E-state index is 12.4. The van der Waals surface area contributed by atoms with Crippen LogP contribution in [0.5, 0.6) is 11.5 Å². The van der Waals surface area contributed by atoms with E-state index in [2.05, 4.69) is 4.74 Å². The van der Waals surface area contributed by atoms with Crippen molar-refractivity contribution in [1.82, 2.24) is 5.32 Å². The summed E-state index contributed by atoms with van der Waals surface area (Å²) in [5, 5.41) is 3.70. The smallest absolute Gasteiger partial charge is 0.387 e. The predicted molar refractivity (Wildman–Crippen MR) is 106 cm³/mol. The zero-order valence-electron chi connectivity index (χ0n) is 16.3. The highest BCUT2D eigenvalue weighted by atomic mass is 19.3. The molecule has 160 valence electrons. The van der Waals surface area contributed by atoms with Crippen LogP contribution in [0.25, 0.3) is 10.8 Å². The first-order valence-corrected chi connectivity index (χ1v) is 9.00. The Morgan fingerprint density at radius 2 is 1.61 bits per heavy atom. The van der Waals surface area contributed by atoms with Crippen LogP contribution < -0.4 is 14.8 Å². The maximum absolute atomic E-state index is 12.4. The summed E-state index contributed by atoms with van der Waals surface area (Å²) in [4.78, 5) is 36.5. The molecule has 0 aliphatic heterocycles. The van der Waals surface area contributed by atoms with E-state index >= 15 is 0 Å². The van der Waals surface area contributed by atoms with Gasteiger partial charge in [0.2, 0.25) is 0 Å². The van der Waals surface area contributed by atoms with Gasteiger partial charge < -0.3 is 14.2 Å². The Balaban J connectivity index is 1.59. The molecule has 0 fully saturated rings. The number of rotatable bonds is 7. The molecule has 0 atom stereocenters. The molecule has 3 aromatic rings. The molecule has 0 saturated carbocycles. The number of benzene rings is 3. The topological polar surface area (TPSA) is 90.9 Å². The van der Waals surface area contributed by atoms with Crippen molar-refractivity contribution in [2.75, 3.05) is 13.7 Å². The Morgan fingerprint density at radius 1 is 0.968 bits per heavy atom. The molecule has 2 amide bonds. The first kappa shape index (κ1) is 21.7. The van der Waals surface area contributed by atoms with E-state index in [1.54, 1.807) is 12.1 Å². The van der Waals surface area contributed by atoms with Gasteiger partial charge in [0.15, 0.2) is 6.61 Å².